The molecule has 218 valence electrons. The first-order valence-electron chi connectivity index (χ1n) is 13.5. The molecule has 0 saturated carbocycles. The molecular weight excluding hydrogens is 528 g/mol. The van der Waals surface area contributed by atoms with Gasteiger partial charge in [-0.25, -0.2) is 0 Å². The quantitative estimate of drug-likeness (QED) is 0.249. The van der Waals surface area contributed by atoms with Gasteiger partial charge in [0, 0.05) is 36.2 Å². The first-order chi connectivity index (χ1) is 19.9. The molecule has 3 N–H and O–H groups in total. The number of carbonyl (C=O) groups excluding carboxylic acids is 3. The van der Waals surface area contributed by atoms with Gasteiger partial charge in [-0.15, -0.1) is 6.58 Å². The number of fused-ring (bicyclic) bond motifs is 3. The minimum absolute atomic E-state index is 0.0158. The molecule has 2 aromatic carbocycles. The molecule has 0 saturated heterocycles. The van der Waals surface area contributed by atoms with E-state index in [-0.39, 0.29) is 37.6 Å². The van der Waals surface area contributed by atoms with E-state index < -0.39 is 30.1 Å². The van der Waals surface area contributed by atoms with E-state index in [0.717, 1.165) is 5.56 Å². The molecule has 1 aliphatic carbocycles. The second-order valence-electron chi connectivity index (χ2n) is 9.88. The van der Waals surface area contributed by atoms with Gasteiger partial charge in [-0.2, -0.15) is 0 Å². The van der Waals surface area contributed by atoms with Gasteiger partial charge in [0.1, 0.15) is 24.2 Å². The summed E-state index contributed by atoms with van der Waals surface area (Å²) in [4.78, 5) is 40.2. The Bertz CT molecular complexity index is 1320. The van der Waals surface area contributed by atoms with E-state index in [2.05, 4.69) is 11.9 Å². The number of carbonyl (C=O) groups is 3. The van der Waals surface area contributed by atoms with Crippen LogP contribution < -0.4 is 19.5 Å². The third kappa shape index (κ3) is 6.13. The molecule has 1 heterocycles. The molecule has 2 amide bonds. The van der Waals surface area contributed by atoms with Crippen molar-refractivity contribution in [2.45, 2.75) is 43.4 Å². The van der Waals surface area contributed by atoms with Crippen molar-refractivity contribution in [1.29, 1.82) is 0 Å². The number of aliphatic hydroxyl groups excluding tert-OH is 2. The monoisotopic (exact) mass is 564 g/mol. The maximum Gasteiger partial charge on any atom is 0.247 e. The predicted molar refractivity (Wildman–Crippen MR) is 151 cm³/mol. The standard InChI is InChI=1S/C31H36N2O8/c1-4-5-10-26(36)33(13-11-20-8-6-7-9-24(20)39-2)23-17-22(31(38)32-12-14-34)27-21-15-19(18-35)16-25(40-3)29(21)41-30(27)28(23)37/h4,6-9,15-18,23,27-28,30,34,37H,1,5,10-14H2,2-3H3,(H,32,38). The number of nitrogens with zero attached hydrogens (tertiary/aromatic N) is 1. The van der Waals surface area contributed by atoms with Crippen LogP contribution in [0, 0.1) is 0 Å². The lowest BCUT2D eigenvalue weighted by Gasteiger charge is -2.41. The zero-order valence-electron chi connectivity index (χ0n) is 23.2. The van der Waals surface area contributed by atoms with Crippen LogP contribution in [0.15, 0.2) is 60.7 Å². The van der Waals surface area contributed by atoms with E-state index in [4.69, 9.17) is 14.2 Å². The minimum Gasteiger partial charge on any atom is -0.496 e. The van der Waals surface area contributed by atoms with Crippen LogP contribution in [0.2, 0.25) is 0 Å². The van der Waals surface area contributed by atoms with Crippen LogP contribution in [0.3, 0.4) is 0 Å². The summed E-state index contributed by atoms with van der Waals surface area (Å²) in [6.45, 7) is 3.71. The van der Waals surface area contributed by atoms with Crippen LogP contribution in [-0.2, 0) is 16.0 Å². The second kappa shape index (κ2) is 13.5. The minimum atomic E-state index is -1.21. The average Bonchev–Trinajstić information content (AvgIpc) is 3.39. The van der Waals surface area contributed by atoms with Gasteiger partial charge >= 0.3 is 0 Å². The Morgan fingerprint density at radius 3 is 2.61 bits per heavy atom. The Morgan fingerprint density at radius 2 is 1.93 bits per heavy atom. The lowest BCUT2D eigenvalue weighted by Crippen LogP contribution is -2.56. The summed E-state index contributed by atoms with van der Waals surface area (Å²) in [6, 6.07) is 9.74. The summed E-state index contributed by atoms with van der Waals surface area (Å²) < 4.78 is 17.2. The summed E-state index contributed by atoms with van der Waals surface area (Å²) in [6.07, 6.45) is 2.84. The molecule has 1 aliphatic heterocycles. The number of rotatable bonds is 13. The molecule has 0 fully saturated rings. The lowest BCUT2D eigenvalue weighted by molar-refractivity contribution is -0.137. The van der Waals surface area contributed by atoms with E-state index in [1.54, 1.807) is 30.2 Å². The van der Waals surface area contributed by atoms with Crippen molar-refractivity contribution in [2.24, 2.45) is 0 Å². The zero-order chi connectivity index (χ0) is 29.5. The van der Waals surface area contributed by atoms with E-state index in [1.165, 1.54) is 13.2 Å². The maximum atomic E-state index is 13.5. The molecule has 10 nitrogen and oxygen atoms in total. The average molecular weight is 565 g/mol. The number of amides is 2. The highest BCUT2D eigenvalue weighted by molar-refractivity contribution is 5.96. The highest BCUT2D eigenvalue weighted by atomic mass is 16.5. The van der Waals surface area contributed by atoms with E-state index >= 15 is 0 Å². The van der Waals surface area contributed by atoms with Gasteiger partial charge in [0.05, 0.1) is 32.8 Å². The first kappa shape index (κ1) is 29.8. The molecule has 0 spiro atoms. The smallest absolute Gasteiger partial charge is 0.247 e. The maximum absolute atomic E-state index is 13.5. The van der Waals surface area contributed by atoms with Gasteiger partial charge in [-0.05, 0) is 42.7 Å². The number of ether oxygens (including phenoxy) is 3. The van der Waals surface area contributed by atoms with Crippen molar-refractivity contribution >= 4 is 18.1 Å². The summed E-state index contributed by atoms with van der Waals surface area (Å²) >= 11 is 0. The van der Waals surface area contributed by atoms with Crippen molar-refractivity contribution in [3.8, 4) is 17.2 Å². The summed E-state index contributed by atoms with van der Waals surface area (Å²) in [5.41, 5.74) is 2.01. The Morgan fingerprint density at radius 1 is 1.17 bits per heavy atom. The number of benzene rings is 2. The summed E-state index contributed by atoms with van der Waals surface area (Å²) in [7, 11) is 3.02. The highest BCUT2D eigenvalue weighted by Gasteiger charge is 2.51. The molecule has 4 unspecified atom stereocenters. The van der Waals surface area contributed by atoms with Crippen LogP contribution in [0.25, 0.3) is 0 Å². The molecule has 0 radical (unpaired) electrons. The fraction of sp³-hybridized carbons (Fsp3) is 0.387. The van der Waals surface area contributed by atoms with Crippen molar-refractivity contribution in [2.75, 3.05) is 33.9 Å². The Kier molecular flexibility index (Phi) is 9.80. The Labute approximate surface area is 239 Å². The van der Waals surface area contributed by atoms with Crippen LogP contribution >= 0.6 is 0 Å². The largest absolute Gasteiger partial charge is 0.496 e. The summed E-state index contributed by atoms with van der Waals surface area (Å²) in [5, 5.41) is 23.7. The van der Waals surface area contributed by atoms with Gasteiger partial charge in [-0.3, -0.25) is 14.4 Å². The molecular formula is C31H36N2O8. The predicted octanol–water partition coefficient (Wildman–Crippen LogP) is 2.18. The van der Waals surface area contributed by atoms with Crippen LogP contribution in [0.5, 0.6) is 17.2 Å². The Hall–Kier alpha value is -4.15. The summed E-state index contributed by atoms with van der Waals surface area (Å²) in [5.74, 6) is -0.114. The number of hydrogen-bond acceptors (Lipinski definition) is 8. The number of aliphatic hydroxyl groups is 2. The van der Waals surface area contributed by atoms with Crippen molar-refractivity contribution in [1.82, 2.24) is 10.2 Å². The fourth-order valence-corrected chi connectivity index (χ4v) is 5.52. The molecule has 4 atom stereocenters. The molecule has 10 heteroatoms. The topological polar surface area (TPSA) is 135 Å². The van der Waals surface area contributed by atoms with Gasteiger partial charge < -0.3 is 34.6 Å². The van der Waals surface area contributed by atoms with E-state index in [1.807, 2.05) is 24.3 Å². The Balaban J connectivity index is 1.77. The highest BCUT2D eigenvalue weighted by Crippen LogP contribution is 2.51. The van der Waals surface area contributed by atoms with E-state index in [9.17, 15) is 24.6 Å². The number of methoxy groups -OCH3 is 2. The van der Waals surface area contributed by atoms with E-state index in [0.29, 0.717) is 47.5 Å². The number of para-hydroxylation sites is 1. The van der Waals surface area contributed by atoms with Crippen LogP contribution in [0.1, 0.15) is 40.2 Å². The van der Waals surface area contributed by atoms with Crippen molar-refractivity contribution < 1.29 is 38.8 Å². The molecule has 0 bridgehead atoms. The third-order valence-electron chi connectivity index (χ3n) is 7.47. The van der Waals surface area contributed by atoms with Gasteiger partial charge in [-0.1, -0.05) is 24.3 Å². The van der Waals surface area contributed by atoms with Crippen molar-refractivity contribution in [3.05, 3.63) is 77.4 Å². The normalized spacial score (nSPS) is 20.5. The van der Waals surface area contributed by atoms with Crippen molar-refractivity contribution in [3.63, 3.8) is 0 Å². The number of aldehydes is 1. The van der Waals surface area contributed by atoms with Gasteiger partial charge in [0.15, 0.2) is 11.5 Å². The third-order valence-corrected chi connectivity index (χ3v) is 7.47. The molecule has 0 aromatic heterocycles. The fourth-order valence-electron chi connectivity index (χ4n) is 5.52. The number of allylic oxidation sites excluding steroid dienone is 1. The molecule has 2 aromatic rings. The lowest BCUT2D eigenvalue weighted by atomic mass is 9.77. The number of hydrogen-bond donors (Lipinski definition) is 3. The molecule has 41 heavy (non-hydrogen) atoms. The van der Waals surface area contributed by atoms with Gasteiger partial charge in [0.2, 0.25) is 11.8 Å². The molecule has 2 aliphatic rings. The van der Waals surface area contributed by atoms with Gasteiger partial charge in [0.25, 0.3) is 0 Å². The first-order valence-corrected chi connectivity index (χ1v) is 13.5. The van der Waals surface area contributed by atoms with Crippen LogP contribution in [0.4, 0.5) is 0 Å². The zero-order valence-corrected chi connectivity index (χ0v) is 23.2. The molecule has 4 rings (SSSR count). The SMILES string of the molecule is C=CCCC(=O)N(CCc1ccccc1OC)C1C=C(C(=O)NCCO)C2c3cc(C=O)cc(OC)c3OC2C1O. The van der Waals surface area contributed by atoms with Crippen LogP contribution in [-0.4, -0.2) is 85.4 Å². The second-order valence-corrected chi connectivity index (χ2v) is 9.88. The number of nitrogens with one attached hydrogen (secondary N) is 1.